The number of benzene rings is 2. The van der Waals surface area contributed by atoms with E-state index in [1.807, 2.05) is 13.0 Å². The molecule has 0 bridgehead atoms. The van der Waals surface area contributed by atoms with Crippen molar-refractivity contribution in [1.82, 2.24) is 0 Å². The second-order valence-corrected chi connectivity index (χ2v) is 8.85. The van der Waals surface area contributed by atoms with E-state index in [9.17, 15) is 13.2 Å². The van der Waals surface area contributed by atoms with Gasteiger partial charge >= 0.3 is 0 Å². The van der Waals surface area contributed by atoms with E-state index < -0.39 is 10.0 Å². The molecule has 136 valence electrons. The van der Waals surface area contributed by atoms with Crippen molar-refractivity contribution in [3.8, 4) is 5.75 Å². The first-order valence-electron chi connectivity index (χ1n) is 8.68. The van der Waals surface area contributed by atoms with Crippen LogP contribution in [0.4, 0.5) is 5.69 Å². The number of ether oxygens (including phenoxy) is 1. The number of sulfonamides is 1. The molecular weight excluding hydrogens is 350 g/mol. The van der Waals surface area contributed by atoms with Crippen LogP contribution in [-0.4, -0.2) is 27.9 Å². The number of carbonyl (C=O) groups excluding carboxylic acids is 1. The first-order valence-corrected chi connectivity index (χ1v) is 10.1. The number of hydrogen-bond acceptors (Lipinski definition) is 4. The van der Waals surface area contributed by atoms with Gasteiger partial charge in [-0.05, 0) is 55.2 Å². The lowest BCUT2D eigenvalue weighted by Gasteiger charge is -2.22. The summed E-state index contributed by atoms with van der Waals surface area (Å²) in [4.78, 5) is 12.5. The Morgan fingerprint density at radius 2 is 1.92 bits per heavy atom. The minimum Gasteiger partial charge on any atom is -0.496 e. The normalized spacial score (nSPS) is 18.8. The molecule has 1 aliphatic heterocycles. The highest BCUT2D eigenvalue weighted by molar-refractivity contribution is 7.93. The molecule has 2 aromatic rings. The van der Waals surface area contributed by atoms with Crippen molar-refractivity contribution in [2.45, 2.75) is 37.5 Å². The Morgan fingerprint density at radius 1 is 1.15 bits per heavy atom. The standard InChI is InChI=1S/C20H21NO4S/c1-12-10-19(13(2)9-18(12)25-3)26(23,24)21-11-14-7-8-17(22)15-5-4-6-16(21)20(14)15/h4-6,9-10,14H,7-8,11H2,1-3H3. The summed E-state index contributed by atoms with van der Waals surface area (Å²) >= 11 is 0. The molecule has 4 rings (SSSR count). The number of carbonyl (C=O) groups is 1. The van der Waals surface area contributed by atoms with Crippen LogP contribution in [0.1, 0.15) is 45.8 Å². The van der Waals surface area contributed by atoms with Gasteiger partial charge in [-0.1, -0.05) is 12.1 Å². The summed E-state index contributed by atoms with van der Waals surface area (Å²) in [7, 11) is -2.14. The maximum atomic E-state index is 13.4. The number of aryl methyl sites for hydroxylation is 2. The van der Waals surface area contributed by atoms with Crippen LogP contribution in [0.25, 0.3) is 0 Å². The highest BCUT2D eigenvalue weighted by Crippen LogP contribution is 2.46. The fraction of sp³-hybridized carbons (Fsp3) is 0.350. The van der Waals surface area contributed by atoms with Crippen LogP contribution >= 0.6 is 0 Å². The monoisotopic (exact) mass is 371 g/mol. The lowest BCUT2D eigenvalue weighted by atomic mass is 9.83. The molecule has 2 aliphatic rings. The third-order valence-corrected chi connectivity index (χ3v) is 7.35. The predicted molar refractivity (Wildman–Crippen MR) is 99.7 cm³/mol. The topological polar surface area (TPSA) is 63.7 Å². The minimum absolute atomic E-state index is 0.0910. The van der Waals surface area contributed by atoms with E-state index in [0.717, 1.165) is 11.1 Å². The van der Waals surface area contributed by atoms with Crippen molar-refractivity contribution in [2.75, 3.05) is 18.0 Å². The second-order valence-electron chi connectivity index (χ2n) is 7.02. The van der Waals surface area contributed by atoms with Crippen LogP contribution in [0.15, 0.2) is 35.2 Å². The molecule has 0 fully saturated rings. The van der Waals surface area contributed by atoms with Gasteiger partial charge in [-0.15, -0.1) is 0 Å². The summed E-state index contributed by atoms with van der Waals surface area (Å²) in [6.45, 7) is 4.01. The number of rotatable bonds is 3. The molecule has 1 aliphatic carbocycles. The van der Waals surface area contributed by atoms with E-state index in [2.05, 4.69) is 0 Å². The Balaban J connectivity index is 1.86. The van der Waals surface area contributed by atoms with Crippen molar-refractivity contribution in [2.24, 2.45) is 0 Å². The third-order valence-electron chi connectivity index (χ3n) is 5.43. The van der Waals surface area contributed by atoms with Gasteiger partial charge in [-0.2, -0.15) is 0 Å². The predicted octanol–water partition coefficient (Wildman–Crippen LogP) is 3.58. The molecule has 1 heterocycles. The SMILES string of the molecule is COc1cc(C)c(S(=O)(=O)N2CC3CCC(=O)c4cccc2c43)cc1C. The molecule has 0 amide bonds. The van der Waals surface area contributed by atoms with E-state index in [-0.39, 0.29) is 11.7 Å². The zero-order chi connectivity index (χ0) is 18.6. The van der Waals surface area contributed by atoms with Crippen molar-refractivity contribution >= 4 is 21.5 Å². The number of Topliss-reactive ketones (excluding diaryl/α,β-unsaturated/α-hetero) is 1. The molecule has 26 heavy (non-hydrogen) atoms. The minimum atomic E-state index is -3.71. The summed E-state index contributed by atoms with van der Waals surface area (Å²) in [6, 6.07) is 8.82. The largest absolute Gasteiger partial charge is 0.496 e. The number of nitrogens with zero attached hydrogens (tertiary/aromatic N) is 1. The van der Waals surface area contributed by atoms with Crippen LogP contribution < -0.4 is 9.04 Å². The first-order chi connectivity index (χ1) is 12.3. The Bertz CT molecular complexity index is 1030. The van der Waals surface area contributed by atoms with Gasteiger partial charge in [0, 0.05) is 24.4 Å². The zero-order valence-corrected chi connectivity index (χ0v) is 15.9. The van der Waals surface area contributed by atoms with Gasteiger partial charge in [0.2, 0.25) is 0 Å². The molecule has 0 radical (unpaired) electrons. The molecule has 0 spiro atoms. The first kappa shape index (κ1) is 17.1. The summed E-state index contributed by atoms with van der Waals surface area (Å²) in [5.41, 5.74) is 3.66. The van der Waals surface area contributed by atoms with E-state index in [1.165, 1.54) is 4.31 Å². The van der Waals surface area contributed by atoms with Gasteiger partial charge in [0.1, 0.15) is 5.75 Å². The van der Waals surface area contributed by atoms with Crippen molar-refractivity contribution in [3.05, 3.63) is 52.6 Å². The molecule has 0 saturated carbocycles. The Morgan fingerprint density at radius 3 is 2.65 bits per heavy atom. The average Bonchev–Trinajstić information content (AvgIpc) is 3.00. The molecule has 2 aromatic carbocycles. The quantitative estimate of drug-likeness (QED) is 0.827. The van der Waals surface area contributed by atoms with Crippen LogP contribution in [0, 0.1) is 13.8 Å². The number of methoxy groups -OCH3 is 1. The van der Waals surface area contributed by atoms with Gasteiger partial charge in [0.05, 0.1) is 17.7 Å². The Labute approximate surface area is 153 Å². The molecule has 0 saturated heterocycles. The highest BCUT2D eigenvalue weighted by atomic mass is 32.2. The van der Waals surface area contributed by atoms with E-state index in [4.69, 9.17) is 4.74 Å². The van der Waals surface area contributed by atoms with Gasteiger partial charge in [0.15, 0.2) is 5.78 Å². The summed E-state index contributed by atoms with van der Waals surface area (Å²) < 4.78 is 33.7. The van der Waals surface area contributed by atoms with Crippen molar-refractivity contribution in [1.29, 1.82) is 0 Å². The van der Waals surface area contributed by atoms with E-state index >= 15 is 0 Å². The third kappa shape index (κ3) is 2.35. The zero-order valence-electron chi connectivity index (χ0n) is 15.1. The fourth-order valence-corrected chi connectivity index (χ4v) is 5.94. The van der Waals surface area contributed by atoms with E-state index in [1.54, 1.807) is 38.3 Å². The molecule has 0 aromatic heterocycles. The number of anilines is 1. The molecule has 5 nitrogen and oxygen atoms in total. The van der Waals surface area contributed by atoms with Crippen LogP contribution in [0.5, 0.6) is 5.75 Å². The molecule has 6 heteroatoms. The average molecular weight is 371 g/mol. The smallest absolute Gasteiger partial charge is 0.264 e. The van der Waals surface area contributed by atoms with Crippen molar-refractivity contribution in [3.63, 3.8) is 0 Å². The molecular formula is C20H21NO4S. The number of ketones is 1. The lowest BCUT2D eigenvalue weighted by molar-refractivity contribution is 0.0968. The molecule has 1 unspecified atom stereocenters. The van der Waals surface area contributed by atoms with Crippen LogP contribution in [-0.2, 0) is 10.0 Å². The van der Waals surface area contributed by atoms with Gasteiger partial charge in [-0.25, -0.2) is 8.42 Å². The summed E-state index contributed by atoms with van der Waals surface area (Å²) in [6.07, 6.45) is 1.19. The van der Waals surface area contributed by atoms with E-state index in [0.29, 0.717) is 46.8 Å². The fourth-order valence-electron chi connectivity index (χ4n) is 4.12. The summed E-state index contributed by atoms with van der Waals surface area (Å²) in [5, 5.41) is 0. The lowest BCUT2D eigenvalue weighted by Crippen LogP contribution is -2.30. The highest BCUT2D eigenvalue weighted by Gasteiger charge is 2.41. The Hall–Kier alpha value is -2.34. The maximum Gasteiger partial charge on any atom is 0.264 e. The maximum absolute atomic E-state index is 13.4. The molecule has 1 atom stereocenters. The van der Waals surface area contributed by atoms with Crippen LogP contribution in [0.2, 0.25) is 0 Å². The van der Waals surface area contributed by atoms with Gasteiger partial charge < -0.3 is 4.74 Å². The second kappa shape index (κ2) is 5.84. The number of hydrogen-bond donors (Lipinski definition) is 0. The van der Waals surface area contributed by atoms with Crippen molar-refractivity contribution < 1.29 is 17.9 Å². The van der Waals surface area contributed by atoms with Gasteiger partial charge in [-0.3, -0.25) is 9.10 Å². The Kier molecular flexibility index (Phi) is 3.84. The van der Waals surface area contributed by atoms with Gasteiger partial charge in [0.25, 0.3) is 10.0 Å². The summed E-state index contributed by atoms with van der Waals surface area (Å²) in [5.74, 6) is 0.870. The van der Waals surface area contributed by atoms with Crippen LogP contribution in [0.3, 0.4) is 0 Å². The molecule has 0 N–H and O–H groups in total.